The van der Waals surface area contributed by atoms with Gasteiger partial charge in [-0.2, -0.15) is 0 Å². The van der Waals surface area contributed by atoms with Crippen molar-refractivity contribution in [3.05, 3.63) is 0 Å². The zero-order valence-corrected chi connectivity index (χ0v) is 17.1. The standard InChI is InChI=1S/C5H10O7S4.2Na/c6-5(13-1-3-15(7,8)9)14-2-4-16(10,11)12;;/h1-4H2,(H,7,8,9)(H,10,11,12);;/q;2*+1/p-2. The van der Waals surface area contributed by atoms with Crippen molar-refractivity contribution in [3.8, 4) is 0 Å². The van der Waals surface area contributed by atoms with Gasteiger partial charge in [0, 0.05) is 23.0 Å². The maximum Gasteiger partial charge on any atom is 1.00 e. The van der Waals surface area contributed by atoms with Crippen LogP contribution < -0.4 is 59.1 Å². The van der Waals surface area contributed by atoms with E-state index in [-0.39, 0.29) is 70.6 Å². The fourth-order valence-electron chi connectivity index (χ4n) is 0.496. The SMILES string of the molecule is O=C(SCCS(=O)(=O)[O-])SCCS(=O)(=O)[O-].[Na+].[Na+]. The first-order valence-corrected chi connectivity index (χ1v) is 8.89. The molecule has 0 aromatic heterocycles. The van der Waals surface area contributed by atoms with Crippen molar-refractivity contribution in [1.29, 1.82) is 0 Å². The van der Waals surface area contributed by atoms with Crippen molar-refractivity contribution >= 4 is 48.2 Å². The first kappa shape index (κ1) is 25.2. The third-order valence-corrected chi connectivity index (χ3v) is 5.03. The number of hydrogen-bond acceptors (Lipinski definition) is 9. The minimum atomic E-state index is -4.34. The van der Waals surface area contributed by atoms with Crippen LogP contribution in [0, 0.1) is 0 Å². The van der Waals surface area contributed by atoms with Crippen LogP contribution in [-0.2, 0) is 20.2 Å². The average molecular weight is 354 g/mol. The van der Waals surface area contributed by atoms with Crippen LogP contribution in [0.4, 0.5) is 4.79 Å². The molecule has 18 heavy (non-hydrogen) atoms. The van der Waals surface area contributed by atoms with E-state index >= 15 is 0 Å². The van der Waals surface area contributed by atoms with Gasteiger partial charge in [0.15, 0.2) is 0 Å². The summed E-state index contributed by atoms with van der Waals surface area (Å²) in [5, 5.41) is 0. The molecule has 0 aliphatic rings. The van der Waals surface area contributed by atoms with Gasteiger partial charge in [0.2, 0.25) is 4.45 Å². The van der Waals surface area contributed by atoms with Gasteiger partial charge in [-0.1, -0.05) is 23.5 Å². The Morgan fingerprint density at radius 2 is 1.11 bits per heavy atom. The number of thioether (sulfide) groups is 2. The fourth-order valence-corrected chi connectivity index (χ4v) is 3.96. The Morgan fingerprint density at radius 3 is 1.33 bits per heavy atom. The molecule has 0 aliphatic heterocycles. The zero-order chi connectivity index (χ0) is 12.8. The molecule has 0 aromatic carbocycles. The van der Waals surface area contributed by atoms with E-state index in [0.717, 1.165) is 0 Å². The van der Waals surface area contributed by atoms with Gasteiger partial charge in [0.05, 0.1) is 20.2 Å². The second-order valence-electron chi connectivity index (χ2n) is 2.47. The summed E-state index contributed by atoms with van der Waals surface area (Å²) in [6.45, 7) is 0. The summed E-state index contributed by atoms with van der Waals surface area (Å²) in [5.74, 6) is -1.68. The van der Waals surface area contributed by atoms with Gasteiger partial charge in [0.25, 0.3) is 0 Å². The maximum atomic E-state index is 10.9. The molecule has 0 saturated carbocycles. The van der Waals surface area contributed by atoms with Crippen LogP contribution in [-0.4, -0.2) is 53.4 Å². The van der Waals surface area contributed by atoms with Crippen LogP contribution in [0.25, 0.3) is 0 Å². The molecule has 0 spiro atoms. The Kier molecular flexibility index (Phi) is 16.5. The van der Waals surface area contributed by atoms with Crippen LogP contribution in [0.15, 0.2) is 0 Å². The molecular weight excluding hydrogens is 346 g/mol. The van der Waals surface area contributed by atoms with Crippen LogP contribution >= 0.6 is 23.5 Å². The largest absolute Gasteiger partial charge is 1.00 e. The second-order valence-corrected chi connectivity index (χ2v) is 7.91. The Morgan fingerprint density at radius 1 is 0.833 bits per heavy atom. The van der Waals surface area contributed by atoms with E-state index in [2.05, 4.69) is 0 Å². The summed E-state index contributed by atoms with van der Waals surface area (Å²) in [4.78, 5) is 10.9. The molecule has 0 aliphatic carbocycles. The van der Waals surface area contributed by atoms with Gasteiger partial charge in [-0.15, -0.1) is 0 Å². The van der Waals surface area contributed by atoms with Crippen molar-refractivity contribution in [2.24, 2.45) is 0 Å². The summed E-state index contributed by atoms with van der Waals surface area (Å²) in [6, 6.07) is 0. The van der Waals surface area contributed by atoms with Crippen LogP contribution in [0.2, 0.25) is 0 Å². The van der Waals surface area contributed by atoms with Crippen molar-refractivity contribution in [2.75, 3.05) is 23.0 Å². The topological polar surface area (TPSA) is 131 Å². The molecule has 0 rings (SSSR count). The molecular formula is C5H8Na2O7S4. The Balaban J connectivity index is -0.00000112. The minimum Gasteiger partial charge on any atom is -0.748 e. The predicted molar refractivity (Wildman–Crippen MR) is 59.4 cm³/mol. The van der Waals surface area contributed by atoms with Crippen molar-refractivity contribution < 1.29 is 89.9 Å². The van der Waals surface area contributed by atoms with Gasteiger partial charge in [-0.25, -0.2) is 16.8 Å². The van der Waals surface area contributed by atoms with Gasteiger partial charge in [0.1, 0.15) is 0 Å². The average Bonchev–Trinajstić information content (AvgIpc) is 1.98. The Bertz CT molecular complexity index is 391. The molecule has 0 N–H and O–H groups in total. The molecule has 0 amide bonds. The molecule has 0 saturated heterocycles. The molecule has 0 bridgehead atoms. The summed E-state index contributed by atoms with van der Waals surface area (Å²) < 4.78 is 60.4. The first-order chi connectivity index (χ1) is 7.10. The third kappa shape index (κ3) is 20.5. The predicted octanol–water partition coefficient (Wildman–Crippen LogP) is -6.33. The van der Waals surface area contributed by atoms with Crippen LogP contribution in [0.1, 0.15) is 0 Å². The molecule has 0 radical (unpaired) electrons. The second kappa shape index (κ2) is 11.8. The van der Waals surface area contributed by atoms with Crippen molar-refractivity contribution in [3.63, 3.8) is 0 Å². The van der Waals surface area contributed by atoms with Gasteiger partial charge in [-0.05, 0) is 0 Å². The van der Waals surface area contributed by atoms with Gasteiger partial charge < -0.3 is 9.11 Å². The monoisotopic (exact) mass is 354 g/mol. The van der Waals surface area contributed by atoms with Crippen molar-refractivity contribution in [1.82, 2.24) is 0 Å². The molecule has 0 aromatic rings. The first-order valence-electron chi connectivity index (χ1n) is 3.77. The molecule has 13 heteroatoms. The third-order valence-electron chi connectivity index (χ3n) is 1.11. The molecule has 96 valence electrons. The molecule has 0 heterocycles. The van der Waals surface area contributed by atoms with E-state index in [9.17, 15) is 30.7 Å². The van der Waals surface area contributed by atoms with E-state index in [1.807, 2.05) is 0 Å². The van der Waals surface area contributed by atoms with E-state index in [1.54, 1.807) is 0 Å². The molecule has 0 unspecified atom stereocenters. The van der Waals surface area contributed by atoms with E-state index in [4.69, 9.17) is 0 Å². The minimum absolute atomic E-state index is 0. The summed E-state index contributed by atoms with van der Waals surface area (Å²) in [7, 11) is -8.68. The quantitative estimate of drug-likeness (QED) is 0.337. The van der Waals surface area contributed by atoms with E-state index < -0.39 is 36.2 Å². The Labute approximate surface area is 159 Å². The van der Waals surface area contributed by atoms with Crippen LogP contribution in [0.5, 0.6) is 0 Å². The number of hydrogen-bond donors (Lipinski definition) is 0. The number of rotatable bonds is 6. The molecule has 0 atom stereocenters. The van der Waals surface area contributed by atoms with E-state index in [1.165, 1.54) is 0 Å². The Hall–Kier alpha value is 2.19. The maximum absolute atomic E-state index is 10.9. The van der Waals surface area contributed by atoms with Gasteiger partial charge >= 0.3 is 59.1 Å². The van der Waals surface area contributed by atoms with E-state index in [0.29, 0.717) is 23.5 Å². The zero-order valence-electron chi connectivity index (χ0n) is 9.82. The molecule has 7 nitrogen and oxygen atoms in total. The van der Waals surface area contributed by atoms with Crippen molar-refractivity contribution in [2.45, 2.75) is 0 Å². The fraction of sp³-hybridized carbons (Fsp3) is 0.800. The number of carbonyl (C=O) groups excluding carboxylic acids is 1. The number of carbonyl (C=O) groups is 1. The van der Waals surface area contributed by atoms with Crippen LogP contribution in [0.3, 0.4) is 0 Å². The summed E-state index contributed by atoms with van der Waals surface area (Å²) in [6.07, 6.45) is 0. The van der Waals surface area contributed by atoms with Gasteiger partial charge in [-0.3, -0.25) is 4.79 Å². The summed E-state index contributed by atoms with van der Waals surface area (Å²) >= 11 is 1.20. The smallest absolute Gasteiger partial charge is 0.748 e. The summed E-state index contributed by atoms with van der Waals surface area (Å²) in [5.41, 5.74) is 0. The molecule has 0 fully saturated rings. The normalized spacial score (nSPS) is 11.2.